The maximum absolute atomic E-state index is 12.2. The van der Waals surface area contributed by atoms with Crippen LogP contribution in [-0.2, 0) is 14.3 Å². The van der Waals surface area contributed by atoms with Crippen molar-refractivity contribution >= 4 is 11.9 Å². The van der Waals surface area contributed by atoms with Crippen molar-refractivity contribution in [2.75, 3.05) is 19.7 Å². The van der Waals surface area contributed by atoms with Crippen molar-refractivity contribution in [3.05, 3.63) is 0 Å². The van der Waals surface area contributed by atoms with Crippen molar-refractivity contribution in [2.45, 2.75) is 44.7 Å². The van der Waals surface area contributed by atoms with Gasteiger partial charge in [0, 0.05) is 6.54 Å². The van der Waals surface area contributed by atoms with Crippen molar-refractivity contribution in [3.8, 4) is 0 Å². The first-order valence-electron chi connectivity index (χ1n) is 6.44. The van der Waals surface area contributed by atoms with Crippen LogP contribution in [0, 0.1) is 0 Å². The Hall–Kier alpha value is -1.10. The molecule has 2 aliphatic heterocycles. The summed E-state index contributed by atoms with van der Waals surface area (Å²) in [6.07, 6.45) is 3.54. The molecule has 0 radical (unpaired) electrons. The van der Waals surface area contributed by atoms with E-state index < -0.39 is 0 Å². The summed E-state index contributed by atoms with van der Waals surface area (Å²) in [7, 11) is 0. The molecule has 2 heterocycles. The van der Waals surface area contributed by atoms with Crippen LogP contribution in [0.3, 0.4) is 0 Å². The van der Waals surface area contributed by atoms with Gasteiger partial charge in [0.1, 0.15) is 6.04 Å². The number of amides is 1. The lowest BCUT2D eigenvalue weighted by Gasteiger charge is -2.25. The van der Waals surface area contributed by atoms with Crippen LogP contribution in [0.15, 0.2) is 0 Å². The summed E-state index contributed by atoms with van der Waals surface area (Å²) in [5, 5.41) is 3.18. The molecule has 1 N–H and O–H groups in total. The fourth-order valence-electron chi connectivity index (χ4n) is 2.61. The second kappa shape index (κ2) is 5.49. The molecule has 2 fully saturated rings. The van der Waals surface area contributed by atoms with Crippen LogP contribution in [0.5, 0.6) is 0 Å². The molecule has 0 aliphatic carbocycles. The average molecular weight is 240 g/mol. The molecule has 0 unspecified atom stereocenters. The summed E-state index contributed by atoms with van der Waals surface area (Å²) < 4.78 is 5.02. The summed E-state index contributed by atoms with van der Waals surface area (Å²) >= 11 is 0. The van der Waals surface area contributed by atoms with E-state index in [4.69, 9.17) is 4.74 Å². The van der Waals surface area contributed by atoms with Gasteiger partial charge in [-0.05, 0) is 39.2 Å². The van der Waals surface area contributed by atoms with Crippen LogP contribution < -0.4 is 5.32 Å². The molecule has 2 atom stereocenters. The van der Waals surface area contributed by atoms with E-state index in [1.165, 1.54) is 0 Å². The Morgan fingerprint density at radius 3 is 2.82 bits per heavy atom. The highest BCUT2D eigenvalue weighted by Gasteiger charge is 2.38. The lowest BCUT2D eigenvalue weighted by atomic mass is 10.1. The Labute approximate surface area is 101 Å². The number of likely N-dealkylation sites (tertiary alicyclic amines) is 1. The molecule has 96 valence electrons. The number of rotatable bonds is 3. The Kier molecular flexibility index (Phi) is 3.99. The smallest absolute Gasteiger partial charge is 0.328 e. The third-order valence-electron chi connectivity index (χ3n) is 3.45. The van der Waals surface area contributed by atoms with E-state index in [9.17, 15) is 9.59 Å². The van der Waals surface area contributed by atoms with Crippen molar-refractivity contribution < 1.29 is 14.3 Å². The van der Waals surface area contributed by atoms with Crippen LogP contribution in [0.2, 0.25) is 0 Å². The molecule has 5 heteroatoms. The van der Waals surface area contributed by atoms with E-state index in [1.807, 2.05) is 0 Å². The summed E-state index contributed by atoms with van der Waals surface area (Å²) in [5.74, 6) is -0.186. The number of hydrogen-bond donors (Lipinski definition) is 1. The van der Waals surface area contributed by atoms with Crippen LogP contribution in [-0.4, -0.2) is 48.6 Å². The minimum absolute atomic E-state index is 0.0676. The molecule has 0 aromatic carbocycles. The van der Waals surface area contributed by atoms with E-state index in [0.29, 0.717) is 13.2 Å². The molecule has 1 amide bonds. The van der Waals surface area contributed by atoms with E-state index in [2.05, 4.69) is 5.32 Å². The number of hydrogen-bond acceptors (Lipinski definition) is 4. The summed E-state index contributed by atoms with van der Waals surface area (Å²) in [6.45, 7) is 3.74. The van der Waals surface area contributed by atoms with Crippen molar-refractivity contribution in [2.24, 2.45) is 0 Å². The second-order valence-corrected chi connectivity index (χ2v) is 4.59. The Balaban J connectivity index is 1.98. The van der Waals surface area contributed by atoms with E-state index >= 15 is 0 Å². The predicted molar refractivity (Wildman–Crippen MR) is 62.4 cm³/mol. The van der Waals surface area contributed by atoms with Crippen molar-refractivity contribution in [1.29, 1.82) is 0 Å². The molecule has 5 nitrogen and oxygen atoms in total. The van der Waals surface area contributed by atoms with Gasteiger partial charge in [-0.15, -0.1) is 0 Å². The third-order valence-corrected chi connectivity index (χ3v) is 3.45. The molecule has 2 saturated heterocycles. The standard InChI is InChI=1S/C12H20N2O3/c1-2-17-12(16)10-6-4-8-14(10)11(15)9-5-3-7-13-9/h9-10,13H,2-8H2,1H3/t9-,10-/m0/s1. The van der Waals surface area contributed by atoms with E-state index in [1.54, 1.807) is 11.8 Å². The van der Waals surface area contributed by atoms with Gasteiger partial charge in [-0.2, -0.15) is 0 Å². The summed E-state index contributed by atoms with van der Waals surface area (Å²) in [4.78, 5) is 25.7. The van der Waals surface area contributed by atoms with Crippen LogP contribution in [0.25, 0.3) is 0 Å². The topological polar surface area (TPSA) is 58.6 Å². The van der Waals surface area contributed by atoms with Crippen LogP contribution >= 0.6 is 0 Å². The van der Waals surface area contributed by atoms with Gasteiger partial charge < -0.3 is 15.0 Å². The van der Waals surface area contributed by atoms with Gasteiger partial charge in [-0.1, -0.05) is 0 Å². The minimum Gasteiger partial charge on any atom is -0.464 e. The highest BCUT2D eigenvalue weighted by Crippen LogP contribution is 2.21. The van der Waals surface area contributed by atoms with Gasteiger partial charge in [0.25, 0.3) is 0 Å². The highest BCUT2D eigenvalue weighted by molar-refractivity contribution is 5.88. The van der Waals surface area contributed by atoms with E-state index in [0.717, 1.165) is 32.2 Å². The van der Waals surface area contributed by atoms with Crippen molar-refractivity contribution in [3.63, 3.8) is 0 Å². The molecular weight excluding hydrogens is 220 g/mol. The number of esters is 1. The van der Waals surface area contributed by atoms with Crippen LogP contribution in [0.4, 0.5) is 0 Å². The molecule has 2 rings (SSSR count). The number of carbonyl (C=O) groups excluding carboxylic acids is 2. The Bertz CT molecular complexity index is 300. The molecule has 0 aromatic heterocycles. The largest absolute Gasteiger partial charge is 0.464 e. The molecule has 17 heavy (non-hydrogen) atoms. The molecule has 0 saturated carbocycles. The lowest BCUT2D eigenvalue weighted by Crippen LogP contribution is -2.48. The fraction of sp³-hybridized carbons (Fsp3) is 0.833. The fourth-order valence-corrected chi connectivity index (χ4v) is 2.61. The zero-order chi connectivity index (χ0) is 12.3. The second-order valence-electron chi connectivity index (χ2n) is 4.59. The maximum Gasteiger partial charge on any atom is 0.328 e. The van der Waals surface area contributed by atoms with Gasteiger partial charge in [0.05, 0.1) is 12.6 Å². The number of carbonyl (C=O) groups is 2. The first kappa shape index (κ1) is 12.4. The minimum atomic E-state index is -0.357. The molecule has 2 aliphatic rings. The van der Waals surface area contributed by atoms with Crippen LogP contribution in [0.1, 0.15) is 32.6 Å². The Morgan fingerprint density at radius 1 is 1.35 bits per heavy atom. The van der Waals surface area contributed by atoms with Gasteiger partial charge >= 0.3 is 5.97 Å². The zero-order valence-corrected chi connectivity index (χ0v) is 10.3. The molecule has 0 aromatic rings. The highest BCUT2D eigenvalue weighted by atomic mass is 16.5. The number of nitrogens with one attached hydrogen (secondary N) is 1. The maximum atomic E-state index is 12.2. The zero-order valence-electron chi connectivity index (χ0n) is 10.3. The average Bonchev–Trinajstić information content (AvgIpc) is 3.00. The summed E-state index contributed by atoms with van der Waals surface area (Å²) in [5.41, 5.74) is 0. The van der Waals surface area contributed by atoms with Gasteiger partial charge in [0.2, 0.25) is 5.91 Å². The number of nitrogens with zero attached hydrogens (tertiary/aromatic N) is 1. The molecule has 0 bridgehead atoms. The van der Waals surface area contributed by atoms with E-state index in [-0.39, 0.29) is 24.0 Å². The predicted octanol–water partition coefficient (Wildman–Crippen LogP) is 0.293. The lowest BCUT2D eigenvalue weighted by molar-refractivity contribution is -0.153. The summed E-state index contributed by atoms with van der Waals surface area (Å²) in [6, 6.07) is -0.449. The SMILES string of the molecule is CCOC(=O)[C@@H]1CCCN1C(=O)[C@@H]1CCCN1. The van der Waals surface area contributed by atoms with Gasteiger partial charge in [0.15, 0.2) is 0 Å². The molecular formula is C12H20N2O3. The number of ether oxygens (including phenoxy) is 1. The first-order valence-corrected chi connectivity index (χ1v) is 6.44. The normalized spacial score (nSPS) is 28.4. The third kappa shape index (κ3) is 2.60. The quantitative estimate of drug-likeness (QED) is 0.720. The van der Waals surface area contributed by atoms with Gasteiger partial charge in [-0.25, -0.2) is 4.79 Å². The van der Waals surface area contributed by atoms with Gasteiger partial charge in [-0.3, -0.25) is 4.79 Å². The first-order chi connectivity index (χ1) is 8.24. The molecule has 0 spiro atoms. The monoisotopic (exact) mass is 240 g/mol. The van der Waals surface area contributed by atoms with Crippen molar-refractivity contribution in [1.82, 2.24) is 10.2 Å². The Morgan fingerprint density at radius 2 is 2.18 bits per heavy atom.